The zero-order valence-corrected chi connectivity index (χ0v) is 17.0. The SMILES string of the molecule is CCN(CC)OC(=O)COc1cc(-n2ncc(C(F)(F)F)c(C)c2=O)c(F)cc1Cl. The van der Waals surface area contributed by atoms with Gasteiger partial charge in [0, 0.05) is 24.7 Å². The summed E-state index contributed by atoms with van der Waals surface area (Å²) in [5.74, 6) is -1.95. The van der Waals surface area contributed by atoms with Crippen LogP contribution in [-0.4, -0.2) is 40.5 Å². The van der Waals surface area contributed by atoms with E-state index in [9.17, 15) is 27.2 Å². The summed E-state index contributed by atoms with van der Waals surface area (Å²) in [4.78, 5) is 29.2. The molecule has 1 aromatic heterocycles. The molecule has 2 aromatic rings. The minimum absolute atomic E-state index is 0.184. The molecule has 164 valence electrons. The summed E-state index contributed by atoms with van der Waals surface area (Å²) >= 11 is 5.90. The van der Waals surface area contributed by atoms with E-state index in [2.05, 4.69) is 5.10 Å². The third-order valence-corrected chi connectivity index (χ3v) is 4.33. The van der Waals surface area contributed by atoms with E-state index in [1.165, 1.54) is 5.06 Å². The van der Waals surface area contributed by atoms with Gasteiger partial charge in [-0.05, 0) is 26.8 Å². The van der Waals surface area contributed by atoms with Gasteiger partial charge in [0.1, 0.15) is 11.4 Å². The number of carbonyl (C=O) groups is 1. The average Bonchev–Trinajstić information content (AvgIpc) is 2.67. The van der Waals surface area contributed by atoms with Crippen LogP contribution in [0.3, 0.4) is 0 Å². The summed E-state index contributed by atoms with van der Waals surface area (Å²) in [5.41, 5.74) is -3.54. The van der Waals surface area contributed by atoms with Crippen LogP contribution in [0.5, 0.6) is 5.75 Å². The molecule has 30 heavy (non-hydrogen) atoms. The summed E-state index contributed by atoms with van der Waals surface area (Å²) in [6.45, 7) is 4.83. The molecule has 0 fully saturated rings. The van der Waals surface area contributed by atoms with Crippen LogP contribution in [0.15, 0.2) is 23.1 Å². The minimum Gasteiger partial charge on any atom is -0.480 e. The van der Waals surface area contributed by atoms with Gasteiger partial charge < -0.3 is 9.57 Å². The Hall–Kier alpha value is -2.66. The van der Waals surface area contributed by atoms with E-state index in [0.717, 1.165) is 19.1 Å². The Bertz CT molecular complexity index is 991. The second-order valence-electron chi connectivity index (χ2n) is 6.00. The first-order valence-corrected chi connectivity index (χ1v) is 9.11. The van der Waals surface area contributed by atoms with Crippen molar-refractivity contribution in [3.8, 4) is 11.4 Å². The highest BCUT2D eigenvalue weighted by molar-refractivity contribution is 6.32. The molecule has 2 rings (SSSR count). The van der Waals surface area contributed by atoms with Crippen molar-refractivity contribution < 1.29 is 31.9 Å². The first kappa shape index (κ1) is 23.6. The highest BCUT2D eigenvalue weighted by Gasteiger charge is 2.34. The van der Waals surface area contributed by atoms with Crippen molar-refractivity contribution in [3.05, 3.63) is 50.7 Å². The molecule has 7 nitrogen and oxygen atoms in total. The first-order valence-electron chi connectivity index (χ1n) is 8.73. The highest BCUT2D eigenvalue weighted by atomic mass is 35.5. The monoisotopic (exact) mass is 451 g/mol. The molecule has 0 saturated heterocycles. The number of halogens is 5. The molecule has 0 N–H and O–H groups in total. The maximum Gasteiger partial charge on any atom is 0.418 e. The van der Waals surface area contributed by atoms with Crippen LogP contribution in [-0.2, 0) is 15.8 Å². The number of aromatic nitrogens is 2. The fourth-order valence-electron chi connectivity index (χ4n) is 2.45. The van der Waals surface area contributed by atoms with E-state index >= 15 is 0 Å². The van der Waals surface area contributed by atoms with Crippen molar-refractivity contribution in [2.24, 2.45) is 0 Å². The van der Waals surface area contributed by atoms with Crippen LogP contribution >= 0.6 is 11.6 Å². The van der Waals surface area contributed by atoms with E-state index < -0.39 is 46.9 Å². The van der Waals surface area contributed by atoms with Gasteiger partial charge in [-0.3, -0.25) is 4.79 Å². The van der Waals surface area contributed by atoms with E-state index in [0.29, 0.717) is 24.0 Å². The number of hydroxylamine groups is 2. The van der Waals surface area contributed by atoms with Gasteiger partial charge >= 0.3 is 12.1 Å². The molecule has 0 saturated carbocycles. The average molecular weight is 452 g/mol. The predicted octanol–water partition coefficient (Wildman–Crippen LogP) is 3.53. The highest BCUT2D eigenvalue weighted by Crippen LogP contribution is 2.31. The van der Waals surface area contributed by atoms with Crippen LogP contribution in [0.1, 0.15) is 25.0 Å². The van der Waals surface area contributed by atoms with Crippen molar-refractivity contribution >= 4 is 17.6 Å². The molecule has 0 aliphatic carbocycles. The topological polar surface area (TPSA) is 73.7 Å². The van der Waals surface area contributed by atoms with Crippen LogP contribution in [0.25, 0.3) is 5.69 Å². The molecule has 0 aliphatic heterocycles. The zero-order valence-electron chi connectivity index (χ0n) is 16.2. The van der Waals surface area contributed by atoms with Crippen molar-refractivity contribution in [1.29, 1.82) is 0 Å². The molecule has 0 spiro atoms. The van der Waals surface area contributed by atoms with Crippen LogP contribution < -0.4 is 10.3 Å². The normalized spacial score (nSPS) is 11.6. The van der Waals surface area contributed by atoms with Crippen molar-refractivity contribution in [2.75, 3.05) is 19.7 Å². The van der Waals surface area contributed by atoms with E-state index in [-0.39, 0.29) is 10.8 Å². The second kappa shape index (κ2) is 9.43. The van der Waals surface area contributed by atoms with Crippen molar-refractivity contribution in [3.63, 3.8) is 0 Å². The number of benzene rings is 1. The van der Waals surface area contributed by atoms with Crippen LogP contribution in [0.4, 0.5) is 17.6 Å². The summed E-state index contributed by atoms with van der Waals surface area (Å²) in [6.07, 6.45) is -4.36. The molecule has 0 bridgehead atoms. The molecule has 12 heteroatoms. The first-order chi connectivity index (χ1) is 14.0. The number of alkyl halides is 3. The van der Waals surface area contributed by atoms with Crippen molar-refractivity contribution in [2.45, 2.75) is 26.9 Å². The lowest BCUT2D eigenvalue weighted by Crippen LogP contribution is -2.29. The van der Waals surface area contributed by atoms with Crippen molar-refractivity contribution in [1.82, 2.24) is 14.8 Å². The van der Waals surface area contributed by atoms with Gasteiger partial charge in [0.05, 0.1) is 16.8 Å². The molecule has 0 radical (unpaired) electrons. The number of carbonyl (C=O) groups excluding carboxylic acids is 1. The van der Waals surface area contributed by atoms with E-state index in [1.807, 2.05) is 0 Å². The third kappa shape index (κ3) is 5.28. The maximum absolute atomic E-state index is 14.4. The van der Waals surface area contributed by atoms with Crippen LogP contribution in [0.2, 0.25) is 5.02 Å². The largest absolute Gasteiger partial charge is 0.480 e. The van der Waals surface area contributed by atoms with Gasteiger partial charge in [-0.25, -0.2) is 9.18 Å². The minimum atomic E-state index is -4.78. The second-order valence-corrected chi connectivity index (χ2v) is 6.41. The molecule has 0 amide bonds. The number of hydrogen-bond acceptors (Lipinski definition) is 6. The van der Waals surface area contributed by atoms with Gasteiger partial charge in [-0.2, -0.15) is 23.0 Å². The summed E-state index contributed by atoms with van der Waals surface area (Å²) < 4.78 is 58.8. The Balaban J connectivity index is 2.35. The van der Waals surface area contributed by atoms with Crippen LogP contribution in [0, 0.1) is 12.7 Å². The number of hydrogen-bond donors (Lipinski definition) is 0. The predicted molar refractivity (Wildman–Crippen MR) is 99.0 cm³/mol. The van der Waals surface area contributed by atoms with Gasteiger partial charge in [-0.15, -0.1) is 5.06 Å². The molecular formula is C18H18ClF4N3O4. The third-order valence-electron chi connectivity index (χ3n) is 4.04. The standard InChI is InChI=1S/C18H18ClF4N3O4/c1-4-25(5-2)30-16(27)9-29-15-7-14(13(20)6-12(15)19)26-17(28)10(3)11(8-24-26)18(21,22)23/h6-8H,4-5,9H2,1-3H3. The number of ether oxygens (including phenoxy) is 1. The lowest BCUT2D eigenvalue weighted by atomic mass is 10.2. The molecule has 0 unspecified atom stereocenters. The molecule has 1 aromatic carbocycles. The summed E-state index contributed by atoms with van der Waals surface area (Å²) in [6, 6.07) is 1.76. The summed E-state index contributed by atoms with van der Waals surface area (Å²) in [7, 11) is 0. The molecule has 0 atom stereocenters. The van der Waals surface area contributed by atoms with Gasteiger partial charge in [0.25, 0.3) is 5.56 Å². The lowest BCUT2D eigenvalue weighted by Gasteiger charge is -2.17. The molecule has 0 aliphatic rings. The molecular weight excluding hydrogens is 434 g/mol. The van der Waals surface area contributed by atoms with E-state index in [1.54, 1.807) is 13.8 Å². The van der Waals surface area contributed by atoms with E-state index in [4.69, 9.17) is 21.2 Å². The molecule has 1 heterocycles. The Kier molecular flexibility index (Phi) is 7.43. The van der Waals surface area contributed by atoms with Gasteiger partial charge in [0.2, 0.25) is 0 Å². The summed E-state index contributed by atoms with van der Waals surface area (Å²) in [5, 5.41) is 4.57. The maximum atomic E-state index is 14.4. The lowest BCUT2D eigenvalue weighted by molar-refractivity contribution is -0.190. The number of rotatable bonds is 7. The van der Waals surface area contributed by atoms with Gasteiger partial charge in [0.15, 0.2) is 12.4 Å². The van der Waals surface area contributed by atoms with Gasteiger partial charge in [-0.1, -0.05) is 11.6 Å². The number of nitrogens with zero attached hydrogens (tertiary/aromatic N) is 3. The zero-order chi connectivity index (χ0) is 22.6. The quantitative estimate of drug-likeness (QED) is 0.473. The smallest absolute Gasteiger partial charge is 0.418 e. The Morgan fingerprint density at radius 1 is 1.27 bits per heavy atom. The Labute approximate surface area is 173 Å². The Morgan fingerprint density at radius 2 is 1.90 bits per heavy atom. The fraction of sp³-hybridized carbons (Fsp3) is 0.389. The fourth-order valence-corrected chi connectivity index (χ4v) is 2.65. The Morgan fingerprint density at radius 3 is 2.47 bits per heavy atom.